The van der Waals surface area contributed by atoms with Crippen LogP contribution >= 0.6 is 0 Å². The summed E-state index contributed by atoms with van der Waals surface area (Å²) in [6.07, 6.45) is 4.07. The fourth-order valence-electron chi connectivity index (χ4n) is 3.08. The summed E-state index contributed by atoms with van der Waals surface area (Å²) in [7, 11) is 3.33. The molecule has 0 saturated carbocycles. The third-order valence-electron chi connectivity index (χ3n) is 4.55. The van der Waals surface area contributed by atoms with Gasteiger partial charge >= 0.3 is 0 Å². The van der Waals surface area contributed by atoms with E-state index in [1.807, 2.05) is 6.07 Å². The summed E-state index contributed by atoms with van der Waals surface area (Å²) in [4.78, 5) is 6.94. The zero-order valence-electron chi connectivity index (χ0n) is 13.6. The predicted molar refractivity (Wildman–Crippen MR) is 83.9 cm³/mol. The molecule has 1 N–H and O–H groups in total. The summed E-state index contributed by atoms with van der Waals surface area (Å²) >= 11 is 0. The molecule has 1 aliphatic rings. The smallest absolute Gasteiger partial charge is 0.183 e. The Labute approximate surface area is 127 Å². The molecule has 1 aliphatic heterocycles. The van der Waals surface area contributed by atoms with Crippen LogP contribution in [0.5, 0.6) is 11.5 Å². The van der Waals surface area contributed by atoms with Crippen LogP contribution in [0.1, 0.15) is 32.4 Å². The molecule has 21 heavy (non-hydrogen) atoms. The van der Waals surface area contributed by atoms with E-state index in [0.717, 1.165) is 56.2 Å². The molecule has 0 aliphatic carbocycles. The molecule has 0 unspecified atom stereocenters. The molecular weight excluding hydrogens is 266 g/mol. The Morgan fingerprint density at radius 1 is 1.29 bits per heavy atom. The Balaban J connectivity index is 2.14. The van der Waals surface area contributed by atoms with Crippen molar-refractivity contribution in [1.82, 2.24) is 15.2 Å². The van der Waals surface area contributed by atoms with Crippen molar-refractivity contribution in [1.29, 1.82) is 0 Å². The number of rotatable bonds is 6. The second-order valence-corrected chi connectivity index (χ2v) is 5.62. The SMILES string of the molecule is CCC1(CC)CN(Cc2nccc(OC)c2OC)CCN1. The summed E-state index contributed by atoms with van der Waals surface area (Å²) in [5.41, 5.74) is 1.17. The van der Waals surface area contributed by atoms with E-state index < -0.39 is 0 Å². The van der Waals surface area contributed by atoms with Gasteiger partial charge in [0.1, 0.15) is 5.69 Å². The van der Waals surface area contributed by atoms with Crippen LogP contribution in [0, 0.1) is 0 Å². The topological polar surface area (TPSA) is 46.6 Å². The highest BCUT2D eigenvalue weighted by atomic mass is 16.5. The molecule has 5 nitrogen and oxygen atoms in total. The number of methoxy groups -OCH3 is 2. The number of hydrogen-bond acceptors (Lipinski definition) is 5. The lowest BCUT2D eigenvalue weighted by atomic mass is 9.90. The first-order valence-corrected chi connectivity index (χ1v) is 7.71. The van der Waals surface area contributed by atoms with Gasteiger partial charge in [-0.15, -0.1) is 0 Å². The number of ether oxygens (including phenoxy) is 2. The molecule has 1 fully saturated rings. The predicted octanol–water partition coefficient (Wildman–Crippen LogP) is 2.06. The van der Waals surface area contributed by atoms with Crippen LogP contribution in [0.3, 0.4) is 0 Å². The van der Waals surface area contributed by atoms with Crippen molar-refractivity contribution in [3.63, 3.8) is 0 Å². The lowest BCUT2D eigenvalue weighted by molar-refractivity contribution is 0.116. The molecular formula is C16H27N3O2. The molecule has 0 amide bonds. The van der Waals surface area contributed by atoms with Crippen molar-refractivity contribution in [2.75, 3.05) is 33.9 Å². The molecule has 0 spiro atoms. The van der Waals surface area contributed by atoms with Gasteiger partial charge in [0.05, 0.1) is 14.2 Å². The van der Waals surface area contributed by atoms with Crippen LogP contribution in [0.15, 0.2) is 12.3 Å². The molecule has 1 saturated heterocycles. The third-order valence-corrected chi connectivity index (χ3v) is 4.55. The fourth-order valence-corrected chi connectivity index (χ4v) is 3.08. The van der Waals surface area contributed by atoms with Crippen LogP contribution in [0.25, 0.3) is 0 Å². The lowest BCUT2D eigenvalue weighted by Crippen LogP contribution is -2.59. The van der Waals surface area contributed by atoms with Crippen LogP contribution in [-0.2, 0) is 6.54 Å². The van der Waals surface area contributed by atoms with Gasteiger partial charge in [0.15, 0.2) is 11.5 Å². The van der Waals surface area contributed by atoms with E-state index >= 15 is 0 Å². The van der Waals surface area contributed by atoms with Gasteiger partial charge in [-0.25, -0.2) is 0 Å². The quantitative estimate of drug-likeness (QED) is 0.870. The minimum absolute atomic E-state index is 0.227. The second kappa shape index (κ2) is 7.09. The maximum absolute atomic E-state index is 5.48. The van der Waals surface area contributed by atoms with Gasteiger partial charge in [0.2, 0.25) is 0 Å². The van der Waals surface area contributed by atoms with E-state index in [2.05, 4.69) is 29.0 Å². The number of nitrogens with zero attached hydrogens (tertiary/aromatic N) is 2. The fraction of sp³-hybridized carbons (Fsp3) is 0.688. The van der Waals surface area contributed by atoms with Crippen molar-refractivity contribution in [2.24, 2.45) is 0 Å². The van der Waals surface area contributed by atoms with E-state index in [4.69, 9.17) is 9.47 Å². The molecule has 0 aromatic carbocycles. The zero-order valence-corrected chi connectivity index (χ0v) is 13.6. The third kappa shape index (κ3) is 3.47. The minimum Gasteiger partial charge on any atom is -0.493 e. The minimum atomic E-state index is 0.227. The van der Waals surface area contributed by atoms with Crippen LogP contribution < -0.4 is 14.8 Å². The molecule has 0 bridgehead atoms. The Hall–Kier alpha value is -1.33. The molecule has 0 radical (unpaired) electrons. The van der Waals surface area contributed by atoms with Gasteiger partial charge in [-0.2, -0.15) is 0 Å². The van der Waals surface area contributed by atoms with Crippen molar-refractivity contribution in [3.8, 4) is 11.5 Å². The number of pyridine rings is 1. The highest BCUT2D eigenvalue weighted by Crippen LogP contribution is 2.30. The molecule has 2 rings (SSSR count). The molecule has 2 heterocycles. The first kappa shape index (κ1) is 16.0. The van der Waals surface area contributed by atoms with Crippen molar-refractivity contribution in [2.45, 2.75) is 38.8 Å². The average Bonchev–Trinajstić information content (AvgIpc) is 2.54. The highest BCUT2D eigenvalue weighted by molar-refractivity contribution is 5.42. The Bertz CT molecular complexity index is 461. The maximum Gasteiger partial charge on any atom is 0.183 e. The summed E-state index contributed by atoms with van der Waals surface area (Å²) in [6.45, 7) is 8.40. The van der Waals surface area contributed by atoms with E-state index in [0.29, 0.717) is 0 Å². The van der Waals surface area contributed by atoms with Crippen LogP contribution in [0.4, 0.5) is 0 Å². The summed E-state index contributed by atoms with van der Waals surface area (Å²) in [5, 5.41) is 3.68. The monoisotopic (exact) mass is 293 g/mol. The second-order valence-electron chi connectivity index (χ2n) is 5.62. The van der Waals surface area contributed by atoms with Gasteiger partial charge in [-0.3, -0.25) is 9.88 Å². The first-order chi connectivity index (χ1) is 10.2. The molecule has 0 atom stereocenters. The number of aromatic nitrogens is 1. The van der Waals surface area contributed by atoms with Gasteiger partial charge < -0.3 is 14.8 Å². The standard InChI is InChI=1S/C16H27N3O2/c1-5-16(6-2)12-19(10-9-18-16)11-13-15(21-4)14(20-3)7-8-17-13/h7-8,18H,5-6,9-12H2,1-4H3. The van der Waals surface area contributed by atoms with Gasteiger partial charge in [0.25, 0.3) is 0 Å². The highest BCUT2D eigenvalue weighted by Gasteiger charge is 2.32. The Morgan fingerprint density at radius 2 is 2.05 bits per heavy atom. The average molecular weight is 293 g/mol. The van der Waals surface area contributed by atoms with Crippen molar-refractivity contribution >= 4 is 0 Å². The van der Waals surface area contributed by atoms with E-state index in [-0.39, 0.29) is 5.54 Å². The van der Waals surface area contributed by atoms with E-state index in [9.17, 15) is 0 Å². The summed E-state index contributed by atoms with van der Waals surface area (Å²) in [5.74, 6) is 1.49. The normalized spacial score (nSPS) is 18.5. The van der Waals surface area contributed by atoms with Crippen LogP contribution in [0.2, 0.25) is 0 Å². The lowest BCUT2D eigenvalue weighted by Gasteiger charge is -2.43. The maximum atomic E-state index is 5.48. The number of hydrogen-bond donors (Lipinski definition) is 1. The Morgan fingerprint density at radius 3 is 2.67 bits per heavy atom. The van der Waals surface area contributed by atoms with Gasteiger partial charge in [0, 0.05) is 44.0 Å². The van der Waals surface area contributed by atoms with Gasteiger partial charge in [-0.1, -0.05) is 13.8 Å². The Kier molecular flexibility index (Phi) is 5.42. The molecule has 118 valence electrons. The van der Waals surface area contributed by atoms with Crippen molar-refractivity contribution < 1.29 is 9.47 Å². The molecule has 1 aromatic rings. The summed E-state index contributed by atoms with van der Waals surface area (Å²) in [6, 6.07) is 1.84. The van der Waals surface area contributed by atoms with Gasteiger partial charge in [-0.05, 0) is 12.8 Å². The molecule has 1 aromatic heterocycles. The number of piperazine rings is 1. The van der Waals surface area contributed by atoms with E-state index in [1.54, 1.807) is 20.4 Å². The largest absolute Gasteiger partial charge is 0.493 e. The summed E-state index contributed by atoms with van der Waals surface area (Å²) < 4.78 is 10.8. The van der Waals surface area contributed by atoms with Crippen molar-refractivity contribution in [3.05, 3.63) is 18.0 Å². The number of nitrogens with one attached hydrogen (secondary N) is 1. The van der Waals surface area contributed by atoms with Crippen LogP contribution in [-0.4, -0.2) is 49.3 Å². The zero-order chi connectivity index (χ0) is 15.3. The van der Waals surface area contributed by atoms with E-state index in [1.165, 1.54) is 0 Å². The molecule has 5 heteroatoms. The first-order valence-electron chi connectivity index (χ1n) is 7.71.